The van der Waals surface area contributed by atoms with Crippen molar-refractivity contribution in [1.29, 1.82) is 0 Å². The van der Waals surface area contributed by atoms with E-state index in [4.69, 9.17) is 10.5 Å². The summed E-state index contributed by atoms with van der Waals surface area (Å²) in [5, 5.41) is 3.11. The number of aliphatic imine (C=N–C) groups is 1. The topological polar surface area (TPSA) is 59.6 Å². The third-order valence-electron chi connectivity index (χ3n) is 3.86. The van der Waals surface area contributed by atoms with Crippen molar-refractivity contribution >= 4 is 35.6 Å². The monoisotopic (exact) mass is 453 g/mol. The first-order valence-electron chi connectivity index (χ1n) is 8.51. The number of nitrogens with two attached hydrogens (primary N) is 1. The van der Waals surface area contributed by atoms with Crippen LogP contribution in [0, 0.1) is 0 Å². The van der Waals surface area contributed by atoms with E-state index in [0.717, 1.165) is 18.5 Å². The molecule has 0 aliphatic rings. The average molecular weight is 453 g/mol. The van der Waals surface area contributed by atoms with Gasteiger partial charge in [-0.15, -0.1) is 24.0 Å². The minimum absolute atomic E-state index is 0. The smallest absolute Gasteiger partial charge is 0.193 e. The lowest BCUT2D eigenvalue weighted by Crippen LogP contribution is -2.23. The number of ether oxygens (including phenoxy) is 1. The van der Waals surface area contributed by atoms with E-state index in [1.54, 1.807) is 0 Å². The predicted octanol–water partition coefficient (Wildman–Crippen LogP) is 4.76. The summed E-state index contributed by atoms with van der Waals surface area (Å²) in [5.41, 5.74) is 9.37. The number of anilines is 1. The summed E-state index contributed by atoms with van der Waals surface area (Å²) in [7, 11) is 0. The molecule has 2 aromatic carbocycles. The van der Waals surface area contributed by atoms with E-state index >= 15 is 0 Å². The molecule has 2 rings (SSSR count). The van der Waals surface area contributed by atoms with E-state index in [-0.39, 0.29) is 30.1 Å². The van der Waals surface area contributed by atoms with Gasteiger partial charge in [-0.2, -0.15) is 0 Å². The maximum atomic E-state index is 5.91. The van der Waals surface area contributed by atoms with Crippen molar-refractivity contribution in [3.63, 3.8) is 0 Å². The molecule has 0 radical (unpaired) electrons. The Morgan fingerprint density at radius 3 is 2.44 bits per heavy atom. The Labute approximate surface area is 167 Å². The van der Waals surface area contributed by atoms with Gasteiger partial charge in [-0.25, -0.2) is 0 Å². The first kappa shape index (κ1) is 21.4. The molecule has 0 heterocycles. The molecule has 0 bridgehead atoms. The van der Waals surface area contributed by atoms with Gasteiger partial charge in [0.15, 0.2) is 5.96 Å². The number of nitrogens with zero attached hydrogens (tertiary/aromatic N) is 1. The Morgan fingerprint density at radius 1 is 1.12 bits per heavy atom. The highest BCUT2D eigenvalue weighted by molar-refractivity contribution is 14.0. The summed E-state index contributed by atoms with van der Waals surface area (Å²) in [4.78, 5) is 4.33. The lowest BCUT2D eigenvalue weighted by Gasteiger charge is -2.12. The first-order valence-corrected chi connectivity index (χ1v) is 8.51. The average Bonchev–Trinajstić information content (AvgIpc) is 2.62. The molecular formula is C20H28IN3O. The Bertz CT molecular complexity index is 629. The second-order valence-electron chi connectivity index (χ2n) is 5.72. The lowest BCUT2D eigenvalue weighted by atomic mass is 10.1. The zero-order valence-electron chi connectivity index (χ0n) is 14.9. The van der Waals surface area contributed by atoms with Gasteiger partial charge < -0.3 is 15.8 Å². The SMILES string of the molecule is CCc1ccc(NC(N)=NCCCOC(C)c2ccccc2)cc1.I. The van der Waals surface area contributed by atoms with Crippen LogP contribution in [0.25, 0.3) is 0 Å². The van der Waals surface area contributed by atoms with Gasteiger partial charge in [0.05, 0.1) is 6.10 Å². The van der Waals surface area contributed by atoms with E-state index in [1.807, 2.05) is 30.3 Å². The molecule has 0 spiro atoms. The zero-order valence-corrected chi connectivity index (χ0v) is 17.3. The number of hydrogen-bond acceptors (Lipinski definition) is 2. The standard InChI is InChI=1S/C20H27N3O.HI/c1-3-17-10-12-19(13-11-17)23-20(21)22-14-7-15-24-16(2)18-8-5-4-6-9-18;/h4-6,8-13,16H,3,7,14-15H2,1-2H3,(H3,21,22,23);1H. The van der Waals surface area contributed by atoms with E-state index < -0.39 is 0 Å². The fourth-order valence-corrected chi connectivity index (χ4v) is 2.36. The Kier molecular flexibility index (Phi) is 10.2. The maximum Gasteiger partial charge on any atom is 0.193 e. The molecular weight excluding hydrogens is 425 g/mol. The van der Waals surface area contributed by atoms with E-state index in [9.17, 15) is 0 Å². The molecule has 5 heteroatoms. The van der Waals surface area contributed by atoms with E-state index in [2.05, 4.69) is 48.4 Å². The number of halogens is 1. The van der Waals surface area contributed by atoms with Crippen molar-refractivity contribution in [2.24, 2.45) is 10.7 Å². The van der Waals surface area contributed by atoms with E-state index in [1.165, 1.54) is 11.1 Å². The number of rotatable bonds is 8. The van der Waals surface area contributed by atoms with Gasteiger partial charge in [0.2, 0.25) is 0 Å². The molecule has 0 fully saturated rings. The van der Waals surface area contributed by atoms with Gasteiger partial charge in [0, 0.05) is 18.8 Å². The van der Waals surface area contributed by atoms with Crippen LogP contribution in [-0.4, -0.2) is 19.1 Å². The van der Waals surface area contributed by atoms with Gasteiger partial charge in [-0.3, -0.25) is 4.99 Å². The zero-order chi connectivity index (χ0) is 17.2. The summed E-state index contributed by atoms with van der Waals surface area (Å²) in [6.45, 7) is 5.51. The highest BCUT2D eigenvalue weighted by atomic mass is 127. The van der Waals surface area contributed by atoms with Crippen molar-refractivity contribution in [2.75, 3.05) is 18.5 Å². The van der Waals surface area contributed by atoms with Crippen LogP contribution >= 0.6 is 24.0 Å². The van der Waals surface area contributed by atoms with Crippen molar-refractivity contribution in [3.05, 3.63) is 65.7 Å². The minimum atomic E-state index is 0. The quantitative estimate of drug-likeness (QED) is 0.262. The second kappa shape index (κ2) is 11.9. The molecule has 1 unspecified atom stereocenters. The van der Waals surface area contributed by atoms with E-state index in [0.29, 0.717) is 19.1 Å². The molecule has 136 valence electrons. The number of nitrogens with one attached hydrogen (secondary N) is 1. The molecule has 0 amide bonds. The molecule has 2 aromatic rings. The summed E-state index contributed by atoms with van der Waals surface area (Å²) in [5.74, 6) is 0.440. The third-order valence-corrected chi connectivity index (χ3v) is 3.86. The number of benzene rings is 2. The summed E-state index contributed by atoms with van der Waals surface area (Å²) < 4.78 is 5.82. The number of aryl methyl sites for hydroxylation is 1. The second-order valence-corrected chi connectivity index (χ2v) is 5.72. The summed E-state index contributed by atoms with van der Waals surface area (Å²) in [6.07, 6.45) is 1.97. The molecule has 0 aliphatic heterocycles. The largest absolute Gasteiger partial charge is 0.374 e. The highest BCUT2D eigenvalue weighted by Gasteiger charge is 2.03. The highest BCUT2D eigenvalue weighted by Crippen LogP contribution is 2.15. The Morgan fingerprint density at radius 2 is 1.80 bits per heavy atom. The lowest BCUT2D eigenvalue weighted by molar-refractivity contribution is 0.0652. The predicted molar refractivity (Wildman–Crippen MR) is 117 cm³/mol. The summed E-state index contributed by atoms with van der Waals surface area (Å²) in [6, 6.07) is 18.4. The fourth-order valence-electron chi connectivity index (χ4n) is 2.36. The molecule has 3 N–H and O–H groups in total. The van der Waals surface area contributed by atoms with Crippen LogP contribution in [0.4, 0.5) is 5.69 Å². The maximum absolute atomic E-state index is 5.91. The van der Waals surface area contributed by atoms with Gasteiger partial charge in [0.25, 0.3) is 0 Å². The molecule has 0 saturated heterocycles. The van der Waals surface area contributed by atoms with Crippen molar-refractivity contribution in [1.82, 2.24) is 0 Å². The fraction of sp³-hybridized carbons (Fsp3) is 0.350. The molecule has 0 aliphatic carbocycles. The Balaban J connectivity index is 0.00000312. The molecule has 1 atom stereocenters. The number of hydrogen-bond donors (Lipinski definition) is 2. The van der Waals surface area contributed by atoms with Crippen molar-refractivity contribution < 1.29 is 4.74 Å². The van der Waals surface area contributed by atoms with Gasteiger partial charge in [-0.05, 0) is 43.0 Å². The van der Waals surface area contributed by atoms with Gasteiger partial charge in [0.1, 0.15) is 0 Å². The van der Waals surface area contributed by atoms with Crippen LogP contribution in [0.2, 0.25) is 0 Å². The van der Waals surface area contributed by atoms with Gasteiger partial charge >= 0.3 is 0 Å². The molecule has 0 saturated carbocycles. The Hall–Kier alpha value is -1.60. The normalized spacial score (nSPS) is 12.3. The van der Waals surface area contributed by atoms with Gasteiger partial charge in [-0.1, -0.05) is 49.4 Å². The van der Waals surface area contributed by atoms with Crippen LogP contribution < -0.4 is 11.1 Å². The van der Waals surface area contributed by atoms with Crippen LogP contribution in [0.3, 0.4) is 0 Å². The van der Waals surface area contributed by atoms with Crippen LogP contribution in [-0.2, 0) is 11.2 Å². The number of guanidine groups is 1. The van der Waals surface area contributed by atoms with Crippen molar-refractivity contribution in [2.45, 2.75) is 32.8 Å². The van der Waals surface area contributed by atoms with Crippen LogP contribution in [0.15, 0.2) is 59.6 Å². The van der Waals surface area contributed by atoms with Crippen molar-refractivity contribution in [3.8, 4) is 0 Å². The molecule has 25 heavy (non-hydrogen) atoms. The first-order chi connectivity index (χ1) is 11.7. The molecule has 0 aromatic heterocycles. The summed E-state index contributed by atoms with van der Waals surface area (Å²) >= 11 is 0. The third kappa shape index (κ3) is 7.88. The van der Waals surface area contributed by atoms with Crippen LogP contribution in [0.1, 0.15) is 37.5 Å². The van der Waals surface area contributed by atoms with Crippen LogP contribution in [0.5, 0.6) is 0 Å². The minimum Gasteiger partial charge on any atom is -0.374 e. The molecule has 4 nitrogen and oxygen atoms in total.